The van der Waals surface area contributed by atoms with Gasteiger partial charge in [-0.3, -0.25) is 0 Å². The maximum atomic E-state index is 10.3. The zero-order valence-corrected chi connectivity index (χ0v) is 13.1. The Kier molecular flexibility index (Phi) is 5.77. The molecule has 0 aliphatic carbocycles. The van der Waals surface area contributed by atoms with Crippen LogP contribution in [0.5, 0.6) is 0 Å². The highest BCUT2D eigenvalue weighted by molar-refractivity contribution is 9.10. The van der Waals surface area contributed by atoms with Gasteiger partial charge in [-0.1, -0.05) is 52.3 Å². The van der Waals surface area contributed by atoms with Crippen molar-refractivity contribution in [2.45, 2.75) is 18.9 Å². The molecule has 3 heteroatoms. The van der Waals surface area contributed by atoms with Crippen LogP contribution in [0, 0.1) is 0 Å². The highest BCUT2D eigenvalue weighted by atomic mass is 79.9. The average Bonchev–Trinajstić information content (AvgIpc) is 2.48. The molecule has 0 bridgehead atoms. The number of aliphatic hydroxyl groups excluding tert-OH is 1. The van der Waals surface area contributed by atoms with Crippen molar-refractivity contribution in [3.63, 3.8) is 0 Å². The molecule has 0 aliphatic rings. The highest BCUT2D eigenvalue weighted by Crippen LogP contribution is 2.20. The van der Waals surface area contributed by atoms with E-state index in [1.165, 1.54) is 5.56 Å². The number of hydrogen-bond acceptors (Lipinski definition) is 2. The number of methoxy groups -OCH3 is 1. The van der Waals surface area contributed by atoms with Crippen molar-refractivity contribution in [3.8, 4) is 0 Å². The minimum atomic E-state index is -0.465. The molecule has 0 aliphatic heterocycles. The van der Waals surface area contributed by atoms with Crippen LogP contribution in [0.3, 0.4) is 0 Å². The summed E-state index contributed by atoms with van der Waals surface area (Å²) < 4.78 is 6.11. The second-order valence-corrected chi connectivity index (χ2v) is 5.75. The van der Waals surface area contributed by atoms with E-state index in [4.69, 9.17) is 4.74 Å². The summed E-state index contributed by atoms with van der Waals surface area (Å²) in [6.07, 6.45) is 1.07. The van der Waals surface area contributed by atoms with Crippen LogP contribution in [-0.4, -0.2) is 18.8 Å². The smallest absolute Gasteiger partial charge is 0.0830 e. The van der Waals surface area contributed by atoms with Crippen molar-refractivity contribution < 1.29 is 9.84 Å². The summed E-state index contributed by atoms with van der Waals surface area (Å²) in [4.78, 5) is 0. The Bertz CT molecular complexity index is 520. The predicted octanol–water partition coefficient (Wildman–Crippen LogP) is 3.91. The monoisotopic (exact) mass is 334 g/mol. The summed E-state index contributed by atoms with van der Waals surface area (Å²) in [7, 11) is 1.70. The molecule has 1 atom stereocenters. The standard InChI is InChI=1S/C17H19BrO2/c1-20-11-10-13-2-6-15(7-3-13)17(19)12-14-4-8-16(18)9-5-14/h2-9,17,19H,10-12H2,1H3. The third-order valence-corrected chi connectivity index (χ3v) is 3.83. The first-order chi connectivity index (χ1) is 9.69. The summed E-state index contributed by atoms with van der Waals surface area (Å²) >= 11 is 3.41. The van der Waals surface area contributed by atoms with Crippen LogP contribution >= 0.6 is 15.9 Å². The normalized spacial score (nSPS) is 12.3. The summed E-state index contributed by atoms with van der Waals surface area (Å²) in [5.74, 6) is 0. The molecule has 0 radical (unpaired) electrons. The molecule has 0 amide bonds. The molecule has 1 unspecified atom stereocenters. The SMILES string of the molecule is COCCc1ccc(C(O)Cc2ccc(Br)cc2)cc1. The lowest BCUT2D eigenvalue weighted by Crippen LogP contribution is -2.02. The summed E-state index contributed by atoms with van der Waals surface area (Å²) in [5, 5.41) is 10.3. The Morgan fingerprint density at radius 1 is 1.00 bits per heavy atom. The van der Waals surface area contributed by atoms with E-state index in [-0.39, 0.29) is 0 Å². The molecule has 0 fully saturated rings. The average molecular weight is 335 g/mol. The molecule has 2 aromatic carbocycles. The predicted molar refractivity (Wildman–Crippen MR) is 84.8 cm³/mol. The molecule has 106 valence electrons. The fraction of sp³-hybridized carbons (Fsp3) is 0.294. The van der Waals surface area contributed by atoms with Crippen LogP contribution in [0.15, 0.2) is 53.0 Å². The van der Waals surface area contributed by atoms with Crippen LogP contribution in [0.4, 0.5) is 0 Å². The van der Waals surface area contributed by atoms with E-state index < -0.39 is 6.10 Å². The second kappa shape index (κ2) is 7.58. The fourth-order valence-corrected chi connectivity index (χ4v) is 2.35. The van der Waals surface area contributed by atoms with Gasteiger partial charge in [0, 0.05) is 18.0 Å². The first-order valence-electron chi connectivity index (χ1n) is 6.69. The molecule has 0 spiro atoms. The van der Waals surface area contributed by atoms with Gasteiger partial charge in [-0.25, -0.2) is 0 Å². The Morgan fingerprint density at radius 2 is 1.60 bits per heavy atom. The van der Waals surface area contributed by atoms with Gasteiger partial charge in [-0.15, -0.1) is 0 Å². The maximum absolute atomic E-state index is 10.3. The maximum Gasteiger partial charge on any atom is 0.0830 e. The minimum Gasteiger partial charge on any atom is -0.388 e. The van der Waals surface area contributed by atoms with Crippen LogP contribution < -0.4 is 0 Å². The van der Waals surface area contributed by atoms with Crippen molar-refractivity contribution in [1.29, 1.82) is 0 Å². The molecule has 0 aromatic heterocycles. The largest absolute Gasteiger partial charge is 0.388 e. The zero-order valence-electron chi connectivity index (χ0n) is 11.6. The molecule has 0 heterocycles. The Labute approximate surface area is 128 Å². The van der Waals surface area contributed by atoms with Crippen molar-refractivity contribution in [3.05, 3.63) is 69.7 Å². The summed E-state index contributed by atoms with van der Waals surface area (Å²) in [6, 6.07) is 16.1. The van der Waals surface area contributed by atoms with Gasteiger partial charge in [0.05, 0.1) is 12.7 Å². The van der Waals surface area contributed by atoms with E-state index in [0.717, 1.165) is 28.6 Å². The summed E-state index contributed by atoms with van der Waals surface area (Å²) in [6.45, 7) is 0.723. The summed E-state index contributed by atoms with van der Waals surface area (Å²) in [5.41, 5.74) is 3.31. The van der Waals surface area contributed by atoms with E-state index in [9.17, 15) is 5.11 Å². The topological polar surface area (TPSA) is 29.5 Å². The van der Waals surface area contributed by atoms with E-state index in [1.807, 2.05) is 36.4 Å². The number of benzene rings is 2. The van der Waals surface area contributed by atoms with E-state index in [2.05, 4.69) is 28.1 Å². The van der Waals surface area contributed by atoms with Crippen LogP contribution in [0.25, 0.3) is 0 Å². The van der Waals surface area contributed by atoms with Crippen molar-refractivity contribution in [2.24, 2.45) is 0 Å². The van der Waals surface area contributed by atoms with Gasteiger partial charge in [0.25, 0.3) is 0 Å². The molecular weight excluding hydrogens is 316 g/mol. The number of hydrogen-bond donors (Lipinski definition) is 1. The fourth-order valence-electron chi connectivity index (χ4n) is 2.09. The second-order valence-electron chi connectivity index (χ2n) is 4.83. The van der Waals surface area contributed by atoms with Crippen molar-refractivity contribution >= 4 is 15.9 Å². The van der Waals surface area contributed by atoms with E-state index in [0.29, 0.717) is 6.42 Å². The highest BCUT2D eigenvalue weighted by Gasteiger charge is 2.08. The Balaban J connectivity index is 1.98. The number of aliphatic hydroxyl groups is 1. The van der Waals surface area contributed by atoms with Gasteiger partial charge < -0.3 is 9.84 Å². The third-order valence-electron chi connectivity index (χ3n) is 3.30. The van der Waals surface area contributed by atoms with Gasteiger partial charge in [0.2, 0.25) is 0 Å². The van der Waals surface area contributed by atoms with Crippen molar-refractivity contribution in [2.75, 3.05) is 13.7 Å². The zero-order chi connectivity index (χ0) is 14.4. The van der Waals surface area contributed by atoms with Gasteiger partial charge in [0.15, 0.2) is 0 Å². The molecule has 0 saturated heterocycles. The van der Waals surface area contributed by atoms with Crippen LogP contribution in [0.2, 0.25) is 0 Å². The number of rotatable bonds is 6. The van der Waals surface area contributed by atoms with Gasteiger partial charge in [-0.2, -0.15) is 0 Å². The van der Waals surface area contributed by atoms with Crippen LogP contribution in [-0.2, 0) is 17.6 Å². The van der Waals surface area contributed by atoms with Crippen LogP contribution in [0.1, 0.15) is 22.8 Å². The molecule has 2 aromatic rings. The Hall–Kier alpha value is -1.16. The first kappa shape index (κ1) is 15.2. The lowest BCUT2D eigenvalue weighted by Gasteiger charge is -2.12. The number of ether oxygens (including phenoxy) is 1. The first-order valence-corrected chi connectivity index (χ1v) is 7.48. The van der Waals surface area contributed by atoms with E-state index in [1.54, 1.807) is 7.11 Å². The third kappa shape index (κ3) is 4.44. The molecule has 0 saturated carbocycles. The van der Waals surface area contributed by atoms with Gasteiger partial charge >= 0.3 is 0 Å². The molecule has 2 nitrogen and oxygen atoms in total. The van der Waals surface area contributed by atoms with Gasteiger partial charge in [-0.05, 0) is 35.2 Å². The lowest BCUT2D eigenvalue weighted by molar-refractivity contribution is 0.178. The lowest BCUT2D eigenvalue weighted by atomic mass is 10.00. The molecule has 2 rings (SSSR count). The quantitative estimate of drug-likeness (QED) is 0.867. The van der Waals surface area contributed by atoms with E-state index >= 15 is 0 Å². The number of halogens is 1. The van der Waals surface area contributed by atoms with Crippen molar-refractivity contribution in [1.82, 2.24) is 0 Å². The van der Waals surface area contributed by atoms with Gasteiger partial charge in [0.1, 0.15) is 0 Å². The Morgan fingerprint density at radius 3 is 2.20 bits per heavy atom. The molecular formula is C17H19BrO2. The molecule has 1 N–H and O–H groups in total. The minimum absolute atomic E-state index is 0.465. The molecule has 20 heavy (non-hydrogen) atoms.